The topological polar surface area (TPSA) is 166 Å². The molecule has 2 fully saturated rings. The van der Waals surface area contributed by atoms with Crippen LogP contribution in [0.1, 0.15) is 67.7 Å². The van der Waals surface area contributed by atoms with Crippen LogP contribution in [0.25, 0.3) is 0 Å². The van der Waals surface area contributed by atoms with Crippen molar-refractivity contribution in [2.45, 2.75) is 109 Å². The summed E-state index contributed by atoms with van der Waals surface area (Å²) in [5.74, 6) is -4.74. The van der Waals surface area contributed by atoms with Crippen molar-refractivity contribution >= 4 is 23.9 Å². The van der Waals surface area contributed by atoms with E-state index in [1.807, 2.05) is 6.92 Å². The molecule has 1 heterocycles. The van der Waals surface area contributed by atoms with Crippen molar-refractivity contribution in [3.05, 3.63) is 11.1 Å². The normalized spacial score (nSPS) is 40.5. The minimum atomic E-state index is -2.52. The Labute approximate surface area is 209 Å². The minimum absolute atomic E-state index is 0.0643. The molecule has 0 bridgehead atoms. The molecule has 36 heavy (non-hydrogen) atoms. The Hall–Kier alpha value is -2.50. The van der Waals surface area contributed by atoms with Crippen molar-refractivity contribution in [1.29, 1.82) is 0 Å². The number of aliphatic hydroxyl groups is 3. The summed E-state index contributed by atoms with van der Waals surface area (Å²) in [5, 5.41) is 34.7. The predicted octanol–water partition coefficient (Wildman–Crippen LogP) is 0.706. The maximum absolute atomic E-state index is 12.8. The average molecular weight is 513 g/mol. The van der Waals surface area contributed by atoms with Gasteiger partial charge in [0.2, 0.25) is 0 Å². The van der Waals surface area contributed by atoms with Gasteiger partial charge >= 0.3 is 23.9 Å². The first kappa shape index (κ1) is 28.1. The molecule has 0 aromatic rings. The van der Waals surface area contributed by atoms with E-state index in [2.05, 4.69) is 0 Å². The second kappa shape index (κ2) is 9.42. The number of rotatable bonds is 6. The van der Waals surface area contributed by atoms with Gasteiger partial charge in [-0.3, -0.25) is 14.4 Å². The molecule has 9 atom stereocenters. The SMILES string of the molecule is CCC(=O)O[C@H]1C[C@](C)(O)C2C(=C(C)[C@@H](OC(=O)C(C)CC)[C@H]2OC(C)=O)[C@@H]2OC(=O)[C@@](C)(O)[C@@]12O. The fourth-order valence-corrected chi connectivity index (χ4v) is 5.50. The molecule has 1 aliphatic heterocycles. The first-order valence-corrected chi connectivity index (χ1v) is 12.2. The van der Waals surface area contributed by atoms with Crippen LogP contribution in [0.3, 0.4) is 0 Å². The van der Waals surface area contributed by atoms with E-state index >= 15 is 0 Å². The molecule has 0 spiro atoms. The second-order valence-corrected chi connectivity index (χ2v) is 10.4. The molecule has 3 rings (SSSR count). The molecule has 1 saturated heterocycles. The monoisotopic (exact) mass is 512 g/mol. The van der Waals surface area contributed by atoms with E-state index < -0.39 is 83.4 Å². The number of carbonyl (C=O) groups excluding carboxylic acids is 4. The lowest BCUT2D eigenvalue weighted by Crippen LogP contribution is -2.64. The number of ether oxygens (including phenoxy) is 4. The second-order valence-electron chi connectivity index (χ2n) is 10.4. The van der Waals surface area contributed by atoms with E-state index in [1.54, 1.807) is 13.8 Å². The standard InChI is InChI=1S/C25H36O11/c1-8-11(3)21(28)35-18-12(4)16-17(19(18)33-13(5)26)23(6,30)10-14(34-15(27)9-2)25(32)20(16)36-22(29)24(25,7)31/h11,14,17-20,30-32H,8-10H2,1-7H3/t11?,14-,17?,18+,19-,20-,23-,24+,25+/m0/s1. The largest absolute Gasteiger partial charge is 0.459 e. The third-order valence-electron chi connectivity index (χ3n) is 7.81. The summed E-state index contributed by atoms with van der Waals surface area (Å²) in [5.41, 5.74) is -6.41. The molecule has 11 nitrogen and oxygen atoms in total. The molecule has 1 saturated carbocycles. The fourth-order valence-electron chi connectivity index (χ4n) is 5.50. The summed E-state index contributed by atoms with van der Waals surface area (Å²) in [7, 11) is 0. The van der Waals surface area contributed by atoms with Crippen molar-refractivity contribution in [2.24, 2.45) is 11.8 Å². The highest BCUT2D eigenvalue weighted by atomic mass is 16.6. The maximum Gasteiger partial charge on any atom is 0.341 e. The van der Waals surface area contributed by atoms with Gasteiger partial charge in [0.05, 0.1) is 17.4 Å². The number of fused-ring (bicyclic) bond motifs is 3. The molecule has 0 radical (unpaired) electrons. The Kier molecular flexibility index (Phi) is 7.35. The third kappa shape index (κ3) is 4.20. The van der Waals surface area contributed by atoms with Crippen LogP contribution in [0.5, 0.6) is 0 Å². The maximum atomic E-state index is 12.8. The summed E-state index contributed by atoms with van der Waals surface area (Å²) >= 11 is 0. The van der Waals surface area contributed by atoms with Crippen LogP contribution >= 0.6 is 0 Å². The predicted molar refractivity (Wildman–Crippen MR) is 122 cm³/mol. The smallest absolute Gasteiger partial charge is 0.341 e. The Bertz CT molecular complexity index is 980. The van der Waals surface area contributed by atoms with Gasteiger partial charge in [0, 0.05) is 19.8 Å². The van der Waals surface area contributed by atoms with Gasteiger partial charge in [-0.1, -0.05) is 20.8 Å². The van der Waals surface area contributed by atoms with Crippen molar-refractivity contribution in [1.82, 2.24) is 0 Å². The molecule has 202 valence electrons. The van der Waals surface area contributed by atoms with Crippen LogP contribution in [0.4, 0.5) is 0 Å². The van der Waals surface area contributed by atoms with Gasteiger partial charge in [0.15, 0.2) is 29.5 Å². The first-order chi connectivity index (χ1) is 16.5. The molecule has 11 heteroatoms. The zero-order valence-electron chi connectivity index (χ0n) is 21.7. The lowest BCUT2D eigenvalue weighted by molar-refractivity contribution is -0.208. The highest BCUT2D eigenvalue weighted by Crippen LogP contribution is 2.56. The summed E-state index contributed by atoms with van der Waals surface area (Å²) in [6, 6.07) is 0. The van der Waals surface area contributed by atoms with Gasteiger partial charge in [-0.15, -0.1) is 0 Å². The number of hydrogen-bond donors (Lipinski definition) is 3. The van der Waals surface area contributed by atoms with Gasteiger partial charge in [-0.2, -0.15) is 0 Å². The van der Waals surface area contributed by atoms with Crippen LogP contribution in [0.2, 0.25) is 0 Å². The van der Waals surface area contributed by atoms with E-state index in [4.69, 9.17) is 18.9 Å². The van der Waals surface area contributed by atoms with Gasteiger partial charge in [0.1, 0.15) is 6.10 Å². The molecule has 0 aromatic heterocycles. The summed E-state index contributed by atoms with van der Waals surface area (Å²) in [6.45, 7) is 10.2. The molecule has 2 unspecified atom stereocenters. The molecular formula is C25H36O11. The van der Waals surface area contributed by atoms with Crippen molar-refractivity contribution < 1.29 is 53.4 Å². The van der Waals surface area contributed by atoms with Crippen LogP contribution in [-0.4, -0.2) is 80.4 Å². The van der Waals surface area contributed by atoms with E-state index in [9.17, 15) is 34.5 Å². The Balaban J connectivity index is 2.24. The lowest BCUT2D eigenvalue weighted by atomic mass is 9.75. The van der Waals surface area contributed by atoms with Gasteiger partial charge in [-0.05, 0) is 38.3 Å². The van der Waals surface area contributed by atoms with Crippen LogP contribution in [0.15, 0.2) is 11.1 Å². The Morgan fingerprint density at radius 2 is 1.72 bits per heavy atom. The zero-order valence-corrected chi connectivity index (χ0v) is 21.7. The fraction of sp³-hybridized carbons (Fsp3) is 0.760. The van der Waals surface area contributed by atoms with Crippen molar-refractivity contribution in [2.75, 3.05) is 0 Å². The zero-order chi connectivity index (χ0) is 27.4. The number of esters is 4. The summed E-state index contributed by atoms with van der Waals surface area (Å²) < 4.78 is 22.2. The quantitative estimate of drug-likeness (QED) is 0.260. The molecule has 3 N–H and O–H groups in total. The molecule has 0 aromatic carbocycles. The van der Waals surface area contributed by atoms with E-state index in [0.717, 1.165) is 13.8 Å². The Morgan fingerprint density at radius 1 is 1.11 bits per heavy atom. The summed E-state index contributed by atoms with van der Waals surface area (Å²) in [6.07, 6.45) is -5.53. The lowest BCUT2D eigenvalue weighted by Gasteiger charge is -2.40. The molecular weight excluding hydrogens is 476 g/mol. The number of carbonyl (C=O) groups is 4. The van der Waals surface area contributed by atoms with E-state index in [-0.39, 0.29) is 12.0 Å². The molecule has 3 aliphatic rings. The number of hydrogen-bond acceptors (Lipinski definition) is 11. The highest BCUT2D eigenvalue weighted by Gasteiger charge is 2.75. The van der Waals surface area contributed by atoms with Crippen LogP contribution in [-0.2, 0) is 38.1 Å². The highest BCUT2D eigenvalue weighted by molar-refractivity contribution is 5.85. The Morgan fingerprint density at radius 3 is 2.25 bits per heavy atom. The minimum Gasteiger partial charge on any atom is -0.459 e. The van der Waals surface area contributed by atoms with Crippen molar-refractivity contribution in [3.63, 3.8) is 0 Å². The van der Waals surface area contributed by atoms with E-state index in [0.29, 0.717) is 12.0 Å². The van der Waals surface area contributed by atoms with Gasteiger partial charge in [0.25, 0.3) is 0 Å². The first-order valence-electron chi connectivity index (χ1n) is 12.2. The van der Waals surface area contributed by atoms with Gasteiger partial charge in [-0.25, -0.2) is 4.79 Å². The van der Waals surface area contributed by atoms with Crippen LogP contribution in [0, 0.1) is 11.8 Å². The van der Waals surface area contributed by atoms with Crippen LogP contribution < -0.4 is 0 Å². The van der Waals surface area contributed by atoms with Gasteiger partial charge < -0.3 is 34.3 Å². The van der Waals surface area contributed by atoms with Crippen molar-refractivity contribution in [3.8, 4) is 0 Å². The average Bonchev–Trinajstić information content (AvgIpc) is 3.12. The van der Waals surface area contributed by atoms with E-state index in [1.165, 1.54) is 13.8 Å². The molecule has 0 amide bonds. The molecule has 2 aliphatic carbocycles. The third-order valence-corrected chi connectivity index (χ3v) is 7.81. The summed E-state index contributed by atoms with van der Waals surface area (Å²) in [4.78, 5) is 49.8.